The molecular formula is C16H14ClFN4O. The maximum Gasteiger partial charge on any atom is 0.138 e. The molecular weight excluding hydrogens is 319 g/mol. The highest BCUT2D eigenvalue weighted by molar-refractivity contribution is 6.31. The van der Waals surface area contributed by atoms with Gasteiger partial charge < -0.3 is 5.32 Å². The zero-order chi connectivity index (χ0) is 16.4. The molecule has 0 radical (unpaired) electrons. The van der Waals surface area contributed by atoms with Crippen LogP contribution in [0.4, 0.5) is 10.1 Å². The van der Waals surface area contributed by atoms with Crippen LogP contribution < -0.4 is 5.32 Å². The quantitative estimate of drug-likeness (QED) is 0.689. The molecule has 1 aliphatic heterocycles. The van der Waals surface area contributed by atoms with Gasteiger partial charge in [0.2, 0.25) is 0 Å². The zero-order valence-electron chi connectivity index (χ0n) is 12.3. The average Bonchev–Trinajstić information content (AvgIpc) is 2.74. The summed E-state index contributed by atoms with van der Waals surface area (Å²) in [5.41, 5.74) is 2.29. The topological polar surface area (TPSA) is 57.1 Å². The minimum absolute atomic E-state index is 0.248. The van der Waals surface area contributed by atoms with Crippen molar-refractivity contribution in [1.82, 2.24) is 5.01 Å². The van der Waals surface area contributed by atoms with Gasteiger partial charge in [0.25, 0.3) is 0 Å². The molecule has 1 atom stereocenters. The predicted octanol–water partition coefficient (Wildman–Crippen LogP) is 3.68. The van der Waals surface area contributed by atoms with Crippen molar-refractivity contribution in [3.05, 3.63) is 69.3 Å². The molecule has 0 amide bonds. The maximum atomic E-state index is 14.2. The van der Waals surface area contributed by atoms with Crippen molar-refractivity contribution in [1.29, 1.82) is 0 Å². The highest BCUT2D eigenvalue weighted by atomic mass is 35.5. The molecule has 5 nitrogen and oxygen atoms in total. The molecule has 0 aliphatic carbocycles. The van der Waals surface area contributed by atoms with Crippen LogP contribution in [-0.2, 0) is 0 Å². The Bertz CT molecular complexity index is 780. The van der Waals surface area contributed by atoms with Crippen LogP contribution in [0.5, 0.6) is 0 Å². The Hall–Kier alpha value is -2.47. The summed E-state index contributed by atoms with van der Waals surface area (Å²) >= 11 is 6.09. The molecule has 118 valence electrons. The van der Waals surface area contributed by atoms with Crippen molar-refractivity contribution in [2.45, 2.75) is 6.17 Å². The summed E-state index contributed by atoms with van der Waals surface area (Å²) in [6.07, 6.45) is -0.420. The van der Waals surface area contributed by atoms with Gasteiger partial charge in [-0.25, -0.2) is 9.40 Å². The third kappa shape index (κ3) is 3.03. The van der Waals surface area contributed by atoms with Crippen LogP contribution in [0, 0.1) is 10.7 Å². The fourth-order valence-corrected chi connectivity index (χ4v) is 2.65. The highest BCUT2D eigenvalue weighted by Crippen LogP contribution is 2.28. The first-order valence-corrected chi connectivity index (χ1v) is 7.40. The monoisotopic (exact) mass is 332 g/mol. The molecule has 2 aromatic rings. The van der Waals surface area contributed by atoms with Gasteiger partial charge >= 0.3 is 0 Å². The lowest BCUT2D eigenvalue weighted by Gasteiger charge is -2.22. The van der Waals surface area contributed by atoms with Gasteiger partial charge in [-0.3, -0.25) is 4.99 Å². The van der Waals surface area contributed by atoms with E-state index in [9.17, 15) is 9.30 Å². The number of rotatable bonds is 3. The predicted molar refractivity (Wildman–Crippen MR) is 89.3 cm³/mol. The minimum Gasteiger partial charge on any atom is -0.362 e. The lowest BCUT2D eigenvalue weighted by atomic mass is 10.00. The first-order valence-electron chi connectivity index (χ1n) is 7.02. The molecule has 0 spiro atoms. The van der Waals surface area contributed by atoms with E-state index in [1.807, 2.05) is 0 Å². The smallest absolute Gasteiger partial charge is 0.138 e. The van der Waals surface area contributed by atoms with E-state index in [0.717, 1.165) is 5.69 Å². The molecule has 1 heterocycles. The van der Waals surface area contributed by atoms with E-state index >= 15 is 0 Å². The summed E-state index contributed by atoms with van der Waals surface area (Å²) in [7, 11) is 1.56. The first kappa shape index (κ1) is 15.4. The molecule has 0 saturated carbocycles. The number of fused-ring (bicyclic) bond motifs is 1. The number of nitrogens with one attached hydrogen (secondary N) is 1. The van der Waals surface area contributed by atoms with Gasteiger partial charge in [0.05, 0.1) is 17.5 Å². The Morgan fingerprint density at radius 1 is 1.30 bits per heavy atom. The molecule has 3 rings (SSSR count). The largest absolute Gasteiger partial charge is 0.362 e. The van der Waals surface area contributed by atoms with Crippen LogP contribution >= 0.6 is 11.6 Å². The summed E-state index contributed by atoms with van der Waals surface area (Å²) < 4.78 is 14.2. The Morgan fingerprint density at radius 3 is 2.83 bits per heavy atom. The molecule has 7 heteroatoms. The van der Waals surface area contributed by atoms with Crippen molar-refractivity contribution >= 4 is 23.0 Å². The number of aliphatic imine (C=N–C) groups is 1. The number of hydrogen-bond acceptors (Lipinski definition) is 4. The Labute approximate surface area is 137 Å². The summed E-state index contributed by atoms with van der Waals surface area (Å²) in [4.78, 5) is 15.3. The second-order valence-corrected chi connectivity index (χ2v) is 5.61. The standard InChI is InChI=1S/C16H14ClFN4O/c1-22(21-23)15-9-19-16(11-4-2-3-5-13(11)18)12-8-10(17)6-7-14(12)20-15/h2-8,15,20H,9H2,1H3. The summed E-state index contributed by atoms with van der Waals surface area (Å²) in [6.45, 7) is 0.248. The third-order valence-corrected chi connectivity index (χ3v) is 3.93. The van der Waals surface area contributed by atoms with Crippen molar-refractivity contribution in [2.24, 2.45) is 10.3 Å². The van der Waals surface area contributed by atoms with Crippen LogP contribution in [0.2, 0.25) is 5.02 Å². The van der Waals surface area contributed by atoms with E-state index in [0.29, 0.717) is 21.9 Å². The fourth-order valence-electron chi connectivity index (χ4n) is 2.48. The molecule has 0 bridgehead atoms. The van der Waals surface area contributed by atoms with Gasteiger partial charge in [0.15, 0.2) is 0 Å². The number of likely N-dealkylation sites (N-methyl/N-ethyl adjacent to an activating group) is 1. The van der Waals surface area contributed by atoms with Crippen molar-refractivity contribution < 1.29 is 4.39 Å². The Kier molecular flexibility index (Phi) is 4.25. The molecule has 0 aromatic heterocycles. The van der Waals surface area contributed by atoms with E-state index in [4.69, 9.17) is 11.6 Å². The first-order chi connectivity index (χ1) is 11.1. The second kappa shape index (κ2) is 6.34. The van der Waals surface area contributed by atoms with Gasteiger partial charge in [0.1, 0.15) is 12.0 Å². The van der Waals surface area contributed by atoms with Gasteiger partial charge in [-0.15, -0.1) is 4.91 Å². The number of hydrogen-bond donors (Lipinski definition) is 1. The number of benzene rings is 2. The fraction of sp³-hybridized carbons (Fsp3) is 0.188. The van der Waals surface area contributed by atoms with E-state index in [-0.39, 0.29) is 12.4 Å². The minimum atomic E-state index is -0.420. The molecule has 1 N–H and O–H groups in total. The van der Waals surface area contributed by atoms with Gasteiger partial charge in [-0.05, 0) is 30.3 Å². The molecule has 1 unspecified atom stereocenters. The zero-order valence-corrected chi connectivity index (χ0v) is 13.1. The number of nitroso groups, excluding NO2 is 1. The van der Waals surface area contributed by atoms with Gasteiger partial charge in [-0.2, -0.15) is 0 Å². The summed E-state index contributed by atoms with van der Waals surface area (Å²) in [5.74, 6) is -0.363. The highest BCUT2D eigenvalue weighted by Gasteiger charge is 2.23. The maximum absolute atomic E-state index is 14.2. The normalized spacial score (nSPS) is 16.7. The van der Waals surface area contributed by atoms with E-state index in [2.05, 4.69) is 15.6 Å². The van der Waals surface area contributed by atoms with E-state index in [1.165, 1.54) is 11.1 Å². The van der Waals surface area contributed by atoms with Crippen molar-refractivity contribution in [3.63, 3.8) is 0 Å². The molecule has 2 aromatic carbocycles. The van der Waals surface area contributed by atoms with Crippen LogP contribution in [0.15, 0.2) is 52.7 Å². The second-order valence-electron chi connectivity index (χ2n) is 5.17. The number of nitrogens with zero attached hydrogens (tertiary/aromatic N) is 3. The lowest BCUT2D eigenvalue weighted by Crippen LogP contribution is -2.36. The van der Waals surface area contributed by atoms with Crippen LogP contribution in [-0.4, -0.2) is 30.5 Å². The van der Waals surface area contributed by atoms with Gasteiger partial charge in [0, 0.05) is 28.9 Å². The van der Waals surface area contributed by atoms with Crippen molar-refractivity contribution in [3.8, 4) is 0 Å². The molecule has 1 aliphatic rings. The van der Waals surface area contributed by atoms with E-state index in [1.54, 1.807) is 43.4 Å². The van der Waals surface area contributed by atoms with Crippen molar-refractivity contribution in [2.75, 3.05) is 18.9 Å². The Morgan fingerprint density at radius 2 is 2.09 bits per heavy atom. The SMILES string of the molecule is CN(N=O)C1CN=C(c2ccccc2F)c2cc(Cl)ccc2N1. The van der Waals surface area contributed by atoms with Gasteiger partial charge in [-0.1, -0.05) is 23.7 Å². The van der Waals surface area contributed by atoms with Crippen LogP contribution in [0.3, 0.4) is 0 Å². The van der Waals surface area contributed by atoms with Crippen LogP contribution in [0.1, 0.15) is 11.1 Å². The molecule has 23 heavy (non-hydrogen) atoms. The number of benzodiazepines with no additional fused rings is 1. The molecule has 0 saturated heterocycles. The number of halogens is 2. The van der Waals surface area contributed by atoms with Crippen LogP contribution in [0.25, 0.3) is 0 Å². The summed E-state index contributed by atoms with van der Waals surface area (Å²) in [6, 6.07) is 11.7. The summed E-state index contributed by atoms with van der Waals surface area (Å²) in [5, 5.41) is 7.87. The number of anilines is 1. The third-order valence-electron chi connectivity index (χ3n) is 3.69. The van der Waals surface area contributed by atoms with E-state index < -0.39 is 6.17 Å². The lowest BCUT2D eigenvalue weighted by molar-refractivity contribution is 0.281. The average molecular weight is 333 g/mol. The Balaban J connectivity index is 2.15. The molecule has 0 fully saturated rings.